The number of benzene rings is 1. The van der Waals surface area contributed by atoms with E-state index in [2.05, 4.69) is 6.92 Å². The van der Waals surface area contributed by atoms with E-state index in [1.807, 2.05) is 6.92 Å². The number of nitrogens with two attached hydrogens (primary N) is 1. The Morgan fingerprint density at radius 3 is 2.67 bits per heavy atom. The fourth-order valence-electron chi connectivity index (χ4n) is 1.59. The molecule has 0 bridgehead atoms. The lowest BCUT2D eigenvalue weighted by molar-refractivity contribution is 0.586. The zero-order valence-corrected chi connectivity index (χ0v) is 10.1. The Labute approximate surface area is 97.3 Å². The average molecular weight is 232 g/mol. The zero-order valence-electron chi connectivity index (χ0n) is 9.29. The highest BCUT2D eigenvalue weighted by molar-refractivity contribution is 5.85. The third kappa shape index (κ3) is 4.18. The fourth-order valence-corrected chi connectivity index (χ4v) is 1.59. The number of aryl methyl sites for hydroxylation is 1. The Balaban J connectivity index is 0.00000196. The highest BCUT2D eigenvalue weighted by Crippen LogP contribution is 2.21. The molecule has 0 saturated carbocycles. The van der Waals surface area contributed by atoms with Crippen LogP contribution in [0, 0.1) is 12.7 Å². The van der Waals surface area contributed by atoms with Gasteiger partial charge < -0.3 is 5.73 Å². The number of halogens is 2. The van der Waals surface area contributed by atoms with Crippen molar-refractivity contribution in [1.29, 1.82) is 0 Å². The van der Waals surface area contributed by atoms with Crippen LogP contribution in [0.2, 0.25) is 0 Å². The predicted molar refractivity (Wildman–Crippen MR) is 64.8 cm³/mol. The van der Waals surface area contributed by atoms with Crippen LogP contribution in [0.5, 0.6) is 0 Å². The summed E-state index contributed by atoms with van der Waals surface area (Å²) in [5.41, 5.74) is 8.01. The first-order valence-corrected chi connectivity index (χ1v) is 5.16. The lowest BCUT2D eigenvalue weighted by Crippen LogP contribution is -2.11. The van der Waals surface area contributed by atoms with Crippen LogP contribution in [0.4, 0.5) is 4.39 Å². The second kappa shape index (κ2) is 6.81. The summed E-state index contributed by atoms with van der Waals surface area (Å²) in [5.74, 6) is -0.197. The predicted octanol–water partition coefficient (Wildman–Crippen LogP) is 3.75. The summed E-state index contributed by atoms with van der Waals surface area (Å²) in [6, 6.07) is 4.79. The van der Waals surface area contributed by atoms with Crippen LogP contribution in [0.3, 0.4) is 0 Å². The van der Waals surface area contributed by atoms with Crippen LogP contribution < -0.4 is 5.73 Å². The molecular formula is C12H19ClFN. The number of rotatable bonds is 4. The minimum absolute atomic E-state index is 0. The molecule has 0 heterocycles. The first-order valence-electron chi connectivity index (χ1n) is 5.16. The van der Waals surface area contributed by atoms with Gasteiger partial charge in [-0.2, -0.15) is 0 Å². The molecule has 0 aliphatic carbocycles. The minimum Gasteiger partial charge on any atom is -0.324 e. The highest BCUT2D eigenvalue weighted by atomic mass is 35.5. The van der Waals surface area contributed by atoms with Gasteiger partial charge in [-0.15, -0.1) is 12.4 Å². The van der Waals surface area contributed by atoms with Gasteiger partial charge in [-0.3, -0.25) is 0 Å². The van der Waals surface area contributed by atoms with Crippen molar-refractivity contribution in [1.82, 2.24) is 0 Å². The maximum Gasteiger partial charge on any atom is 0.123 e. The van der Waals surface area contributed by atoms with Gasteiger partial charge in [-0.1, -0.05) is 25.8 Å². The second-order valence-electron chi connectivity index (χ2n) is 3.75. The quantitative estimate of drug-likeness (QED) is 0.839. The van der Waals surface area contributed by atoms with Gasteiger partial charge in [0, 0.05) is 6.04 Å². The summed E-state index contributed by atoms with van der Waals surface area (Å²) in [6.45, 7) is 4.10. The minimum atomic E-state index is -0.197. The molecule has 0 aromatic heterocycles. The van der Waals surface area contributed by atoms with Crippen LogP contribution in [-0.4, -0.2) is 0 Å². The molecule has 1 nitrogen and oxygen atoms in total. The lowest BCUT2D eigenvalue weighted by Gasteiger charge is -2.14. The lowest BCUT2D eigenvalue weighted by atomic mass is 9.98. The van der Waals surface area contributed by atoms with E-state index in [1.54, 1.807) is 12.1 Å². The maximum atomic E-state index is 13.0. The average Bonchev–Trinajstić information content (AvgIpc) is 2.18. The van der Waals surface area contributed by atoms with E-state index in [4.69, 9.17) is 5.73 Å². The van der Waals surface area contributed by atoms with E-state index in [0.717, 1.165) is 30.4 Å². The van der Waals surface area contributed by atoms with Crippen LogP contribution in [0.1, 0.15) is 43.4 Å². The molecule has 3 heteroatoms. The third-order valence-electron chi connectivity index (χ3n) is 2.51. The first-order chi connectivity index (χ1) is 6.65. The summed E-state index contributed by atoms with van der Waals surface area (Å²) in [7, 11) is 0. The van der Waals surface area contributed by atoms with Gasteiger partial charge in [0.05, 0.1) is 0 Å². The second-order valence-corrected chi connectivity index (χ2v) is 3.75. The molecule has 0 aliphatic rings. The molecule has 15 heavy (non-hydrogen) atoms. The molecule has 86 valence electrons. The molecule has 1 aromatic rings. The van der Waals surface area contributed by atoms with Crippen molar-refractivity contribution < 1.29 is 4.39 Å². The zero-order chi connectivity index (χ0) is 10.6. The topological polar surface area (TPSA) is 26.0 Å². The van der Waals surface area contributed by atoms with Crippen LogP contribution in [0.15, 0.2) is 18.2 Å². The maximum absolute atomic E-state index is 13.0. The number of hydrogen-bond acceptors (Lipinski definition) is 1. The smallest absolute Gasteiger partial charge is 0.123 e. The van der Waals surface area contributed by atoms with Crippen LogP contribution >= 0.6 is 12.4 Å². The first kappa shape index (κ1) is 14.4. The SMILES string of the molecule is CCCC[C@@H](N)c1cc(F)ccc1C.Cl. The van der Waals surface area contributed by atoms with Gasteiger partial charge in [0.25, 0.3) is 0 Å². The van der Waals surface area contributed by atoms with E-state index < -0.39 is 0 Å². The van der Waals surface area contributed by atoms with E-state index in [-0.39, 0.29) is 24.3 Å². The number of hydrogen-bond donors (Lipinski definition) is 1. The van der Waals surface area contributed by atoms with Crippen molar-refractivity contribution in [2.24, 2.45) is 5.73 Å². The summed E-state index contributed by atoms with van der Waals surface area (Å²) in [6.07, 6.45) is 3.15. The fraction of sp³-hybridized carbons (Fsp3) is 0.500. The van der Waals surface area contributed by atoms with E-state index in [0.29, 0.717) is 0 Å². The van der Waals surface area contributed by atoms with E-state index in [9.17, 15) is 4.39 Å². The molecule has 0 radical (unpaired) electrons. The normalized spacial score (nSPS) is 12.0. The van der Waals surface area contributed by atoms with Gasteiger partial charge in [-0.05, 0) is 36.6 Å². The van der Waals surface area contributed by atoms with Gasteiger partial charge in [0.2, 0.25) is 0 Å². The molecule has 0 unspecified atom stereocenters. The Hall–Kier alpha value is -0.600. The molecule has 0 amide bonds. The summed E-state index contributed by atoms with van der Waals surface area (Å²) >= 11 is 0. The standard InChI is InChI=1S/C12H18FN.ClH/c1-3-4-5-12(14)11-8-10(13)7-6-9(11)2;/h6-8,12H,3-5,14H2,1-2H3;1H/t12-;/m1./s1. The molecule has 2 N–H and O–H groups in total. The third-order valence-corrected chi connectivity index (χ3v) is 2.51. The largest absolute Gasteiger partial charge is 0.324 e. The molecule has 1 atom stereocenters. The Bertz CT molecular complexity index is 302. The van der Waals surface area contributed by atoms with Crippen molar-refractivity contribution >= 4 is 12.4 Å². The number of unbranched alkanes of at least 4 members (excludes halogenated alkanes) is 1. The summed E-state index contributed by atoms with van der Waals surface area (Å²) < 4.78 is 13.0. The van der Waals surface area contributed by atoms with Gasteiger partial charge in [0.1, 0.15) is 5.82 Å². The Morgan fingerprint density at radius 1 is 1.40 bits per heavy atom. The van der Waals surface area contributed by atoms with Crippen LogP contribution in [-0.2, 0) is 0 Å². The summed E-state index contributed by atoms with van der Waals surface area (Å²) in [5, 5.41) is 0. The summed E-state index contributed by atoms with van der Waals surface area (Å²) in [4.78, 5) is 0. The molecular weight excluding hydrogens is 213 g/mol. The molecule has 0 aliphatic heterocycles. The molecule has 0 saturated heterocycles. The molecule has 1 aromatic carbocycles. The van der Waals surface area contributed by atoms with E-state index in [1.165, 1.54) is 6.07 Å². The van der Waals surface area contributed by atoms with Crippen molar-refractivity contribution in [3.8, 4) is 0 Å². The van der Waals surface area contributed by atoms with Gasteiger partial charge in [-0.25, -0.2) is 4.39 Å². The molecule has 0 spiro atoms. The molecule has 1 rings (SSSR count). The van der Waals surface area contributed by atoms with Gasteiger partial charge >= 0.3 is 0 Å². The van der Waals surface area contributed by atoms with Crippen molar-refractivity contribution in [3.63, 3.8) is 0 Å². The highest BCUT2D eigenvalue weighted by Gasteiger charge is 2.08. The van der Waals surface area contributed by atoms with Crippen molar-refractivity contribution in [2.75, 3.05) is 0 Å². The van der Waals surface area contributed by atoms with Crippen molar-refractivity contribution in [2.45, 2.75) is 39.2 Å². The Morgan fingerprint density at radius 2 is 2.07 bits per heavy atom. The van der Waals surface area contributed by atoms with Crippen LogP contribution in [0.25, 0.3) is 0 Å². The van der Waals surface area contributed by atoms with Crippen molar-refractivity contribution in [3.05, 3.63) is 35.1 Å². The monoisotopic (exact) mass is 231 g/mol. The van der Waals surface area contributed by atoms with E-state index >= 15 is 0 Å². The molecule has 0 fully saturated rings. The van der Waals surface area contributed by atoms with Gasteiger partial charge in [0.15, 0.2) is 0 Å². The Kier molecular flexibility index (Phi) is 6.53.